The first-order valence-electron chi connectivity index (χ1n) is 6.84. The van der Waals surface area contributed by atoms with Gasteiger partial charge in [0.25, 0.3) is 0 Å². The van der Waals surface area contributed by atoms with Crippen LogP contribution in [0.3, 0.4) is 0 Å². The maximum Gasteiger partial charge on any atom is 0.224 e. The van der Waals surface area contributed by atoms with Crippen LogP contribution in [-0.4, -0.2) is 33.7 Å². The first kappa shape index (κ1) is 14.9. The van der Waals surface area contributed by atoms with Crippen LogP contribution in [0.4, 0.5) is 4.39 Å². The van der Waals surface area contributed by atoms with E-state index < -0.39 is 5.82 Å². The standard InChI is InChI=1S/C14H14ClFN4O2/c15-9-2-1-3-10(16)8(9)6-12(21)19-11-4-5-22-13(11)14-17-7-18-20-14/h1-3,7,11,13H,4-6H2,(H,19,21)(H,17,18,20)/t11-,13+/m0/s1. The van der Waals surface area contributed by atoms with Crippen molar-refractivity contribution in [1.82, 2.24) is 20.5 Å². The molecule has 0 saturated carbocycles. The minimum Gasteiger partial charge on any atom is -0.368 e. The lowest BCUT2D eigenvalue weighted by Crippen LogP contribution is -2.38. The van der Waals surface area contributed by atoms with Gasteiger partial charge in [0.05, 0.1) is 12.5 Å². The topological polar surface area (TPSA) is 79.9 Å². The highest BCUT2D eigenvalue weighted by atomic mass is 35.5. The third-order valence-electron chi connectivity index (χ3n) is 3.54. The summed E-state index contributed by atoms with van der Waals surface area (Å²) >= 11 is 5.93. The van der Waals surface area contributed by atoms with Gasteiger partial charge in [0.1, 0.15) is 18.2 Å². The normalized spacial score (nSPS) is 21.0. The minimum atomic E-state index is -0.489. The second kappa shape index (κ2) is 6.41. The fraction of sp³-hybridized carbons (Fsp3) is 0.357. The van der Waals surface area contributed by atoms with Gasteiger partial charge < -0.3 is 10.1 Å². The van der Waals surface area contributed by atoms with Crippen molar-refractivity contribution < 1.29 is 13.9 Å². The smallest absolute Gasteiger partial charge is 0.224 e. The summed E-state index contributed by atoms with van der Waals surface area (Å²) in [5.41, 5.74) is 0.191. The molecule has 22 heavy (non-hydrogen) atoms. The molecule has 1 aliphatic rings. The monoisotopic (exact) mass is 324 g/mol. The quantitative estimate of drug-likeness (QED) is 0.898. The summed E-state index contributed by atoms with van der Waals surface area (Å²) in [6.45, 7) is 0.511. The first-order chi connectivity index (χ1) is 10.6. The summed E-state index contributed by atoms with van der Waals surface area (Å²) in [5, 5.41) is 9.59. The van der Waals surface area contributed by atoms with Gasteiger partial charge >= 0.3 is 0 Å². The molecule has 3 rings (SSSR count). The lowest BCUT2D eigenvalue weighted by molar-refractivity contribution is -0.121. The van der Waals surface area contributed by atoms with Crippen LogP contribution in [0.25, 0.3) is 0 Å². The van der Waals surface area contributed by atoms with Crippen molar-refractivity contribution in [2.24, 2.45) is 0 Å². The van der Waals surface area contributed by atoms with E-state index in [2.05, 4.69) is 20.5 Å². The highest BCUT2D eigenvalue weighted by Crippen LogP contribution is 2.26. The second-order valence-electron chi connectivity index (χ2n) is 5.00. The maximum atomic E-state index is 13.7. The number of H-pyrrole nitrogens is 1. The van der Waals surface area contributed by atoms with Gasteiger partial charge in [-0.25, -0.2) is 9.37 Å². The number of ether oxygens (including phenoxy) is 1. The van der Waals surface area contributed by atoms with Crippen molar-refractivity contribution in [2.75, 3.05) is 6.61 Å². The van der Waals surface area contributed by atoms with Gasteiger partial charge in [0, 0.05) is 17.2 Å². The predicted molar refractivity (Wildman–Crippen MR) is 76.7 cm³/mol. The number of hydrogen-bond donors (Lipinski definition) is 2. The Labute approximate surface area is 131 Å². The lowest BCUT2D eigenvalue weighted by atomic mass is 10.1. The number of amides is 1. The molecule has 0 spiro atoms. The number of halogens is 2. The van der Waals surface area contributed by atoms with Gasteiger partial charge in [-0.3, -0.25) is 9.89 Å². The van der Waals surface area contributed by atoms with Crippen LogP contribution in [0, 0.1) is 5.82 Å². The van der Waals surface area contributed by atoms with Gasteiger partial charge in [0.2, 0.25) is 5.91 Å². The fourth-order valence-electron chi connectivity index (χ4n) is 2.48. The number of rotatable bonds is 4. The van der Waals surface area contributed by atoms with E-state index in [0.717, 1.165) is 0 Å². The average molecular weight is 325 g/mol. The molecule has 2 heterocycles. The van der Waals surface area contributed by atoms with Gasteiger partial charge in [-0.05, 0) is 18.6 Å². The number of carbonyl (C=O) groups is 1. The fourth-order valence-corrected chi connectivity index (χ4v) is 2.71. The van der Waals surface area contributed by atoms with E-state index >= 15 is 0 Å². The number of hydrogen-bond acceptors (Lipinski definition) is 4. The molecule has 0 unspecified atom stereocenters. The number of aromatic nitrogens is 3. The van der Waals surface area contributed by atoms with E-state index in [4.69, 9.17) is 16.3 Å². The third kappa shape index (κ3) is 3.10. The van der Waals surface area contributed by atoms with Gasteiger partial charge in [-0.2, -0.15) is 5.10 Å². The third-order valence-corrected chi connectivity index (χ3v) is 3.89. The van der Waals surface area contributed by atoms with E-state index in [1.165, 1.54) is 18.5 Å². The molecule has 0 aliphatic carbocycles. The largest absolute Gasteiger partial charge is 0.368 e. The molecule has 1 aliphatic heterocycles. The molecule has 2 aromatic rings. The van der Waals surface area contributed by atoms with Gasteiger partial charge in [-0.15, -0.1) is 0 Å². The Morgan fingerprint density at radius 3 is 3.14 bits per heavy atom. The predicted octanol–water partition coefficient (Wildman–Crippen LogP) is 1.79. The summed E-state index contributed by atoms with van der Waals surface area (Å²) in [6.07, 6.45) is 1.55. The van der Waals surface area contributed by atoms with Crippen LogP contribution in [0.1, 0.15) is 23.9 Å². The Hall–Kier alpha value is -1.99. The minimum absolute atomic E-state index is 0.120. The van der Waals surface area contributed by atoms with E-state index in [1.54, 1.807) is 6.07 Å². The van der Waals surface area contributed by atoms with E-state index in [1.807, 2.05) is 0 Å². The Morgan fingerprint density at radius 1 is 1.55 bits per heavy atom. The second-order valence-corrected chi connectivity index (χ2v) is 5.41. The Balaban J connectivity index is 1.67. The van der Waals surface area contributed by atoms with Crippen molar-refractivity contribution >= 4 is 17.5 Å². The van der Waals surface area contributed by atoms with Crippen LogP contribution in [-0.2, 0) is 16.0 Å². The summed E-state index contributed by atoms with van der Waals surface area (Å²) in [6, 6.07) is 4.11. The molecular weight excluding hydrogens is 311 g/mol. The number of benzene rings is 1. The van der Waals surface area contributed by atoms with Crippen LogP contribution < -0.4 is 5.32 Å². The Morgan fingerprint density at radius 2 is 2.41 bits per heavy atom. The molecule has 1 saturated heterocycles. The van der Waals surface area contributed by atoms with Crippen molar-refractivity contribution in [3.63, 3.8) is 0 Å². The average Bonchev–Trinajstić information content (AvgIpc) is 3.13. The zero-order valence-corrected chi connectivity index (χ0v) is 12.3. The van der Waals surface area contributed by atoms with Crippen LogP contribution in [0.15, 0.2) is 24.5 Å². The highest BCUT2D eigenvalue weighted by Gasteiger charge is 2.33. The number of carbonyl (C=O) groups excluding carboxylic acids is 1. The van der Waals surface area contributed by atoms with Gasteiger partial charge in [0.15, 0.2) is 5.82 Å². The van der Waals surface area contributed by atoms with Crippen molar-refractivity contribution in [1.29, 1.82) is 0 Å². The molecule has 8 heteroatoms. The van der Waals surface area contributed by atoms with Crippen molar-refractivity contribution in [3.8, 4) is 0 Å². The van der Waals surface area contributed by atoms with E-state index in [0.29, 0.717) is 18.9 Å². The molecule has 2 atom stereocenters. The summed E-state index contributed by atoms with van der Waals surface area (Å²) < 4.78 is 19.3. The molecule has 116 valence electrons. The van der Waals surface area contributed by atoms with Crippen LogP contribution >= 0.6 is 11.6 Å². The highest BCUT2D eigenvalue weighted by molar-refractivity contribution is 6.31. The summed E-state index contributed by atoms with van der Waals surface area (Å²) in [7, 11) is 0. The number of nitrogens with one attached hydrogen (secondary N) is 2. The van der Waals surface area contributed by atoms with Crippen LogP contribution in [0.5, 0.6) is 0 Å². The summed E-state index contributed by atoms with van der Waals surface area (Å²) in [4.78, 5) is 16.2. The lowest BCUT2D eigenvalue weighted by Gasteiger charge is -2.18. The molecular formula is C14H14ClFN4O2. The molecule has 0 bridgehead atoms. The molecule has 1 amide bonds. The first-order valence-corrected chi connectivity index (χ1v) is 7.22. The zero-order chi connectivity index (χ0) is 15.5. The molecule has 1 fully saturated rings. The Bertz CT molecular complexity index is 645. The maximum absolute atomic E-state index is 13.7. The Kier molecular flexibility index (Phi) is 4.35. The molecule has 6 nitrogen and oxygen atoms in total. The van der Waals surface area contributed by atoms with Crippen molar-refractivity contribution in [2.45, 2.75) is 25.0 Å². The number of aromatic amines is 1. The SMILES string of the molecule is O=C(Cc1c(F)cccc1Cl)N[C@H]1CCO[C@H]1c1ncn[nH]1. The van der Waals surface area contributed by atoms with E-state index in [9.17, 15) is 9.18 Å². The van der Waals surface area contributed by atoms with Crippen LogP contribution in [0.2, 0.25) is 5.02 Å². The molecule has 1 aromatic carbocycles. The molecule has 1 aromatic heterocycles. The van der Waals surface area contributed by atoms with Crippen molar-refractivity contribution in [3.05, 3.63) is 46.8 Å². The molecule has 2 N–H and O–H groups in total. The zero-order valence-electron chi connectivity index (χ0n) is 11.6. The molecule has 0 radical (unpaired) electrons. The summed E-state index contributed by atoms with van der Waals surface area (Å²) in [5.74, 6) is -0.240. The van der Waals surface area contributed by atoms with E-state index in [-0.39, 0.29) is 35.1 Å². The number of nitrogens with zero attached hydrogens (tertiary/aromatic N) is 2. The van der Waals surface area contributed by atoms with Gasteiger partial charge in [-0.1, -0.05) is 17.7 Å².